The first kappa shape index (κ1) is 19.5. The summed E-state index contributed by atoms with van der Waals surface area (Å²) in [4.78, 5) is 26.7. The number of likely N-dealkylation sites (N-methyl/N-ethyl adjacent to an activating group) is 1. The molecule has 0 radical (unpaired) electrons. The van der Waals surface area contributed by atoms with Gasteiger partial charge in [0.2, 0.25) is 16.9 Å². The first-order valence-corrected chi connectivity index (χ1v) is 10.4. The van der Waals surface area contributed by atoms with Crippen LogP contribution in [-0.4, -0.2) is 59.6 Å². The summed E-state index contributed by atoms with van der Waals surface area (Å²) >= 11 is 4.25. The van der Waals surface area contributed by atoms with Crippen molar-refractivity contribution in [3.05, 3.63) is 24.3 Å². The zero-order chi connectivity index (χ0) is 18.2. The molecule has 2 N–H and O–H groups in total. The van der Waals surface area contributed by atoms with E-state index in [0.717, 1.165) is 10.6 Å². The van der Waals surface area contributed by atoms with Gasteiger partial charge >= 0.3 is 0 Å². The Kier molecular flexibility index (Phi) is 7.53. The number of hydrogen-bond donors (Lipinski definition) is 2. The molecule has 0 aliphatic rings. The predicted molar refractivity (Wildman–Crippen MR) is 105 cm³/mol. The van der Waals surface area contributed by atoms with Crippen LogP contribution in [0.4, 0.5) is 10.8 Å². The lowest BCUT2D eigenvalue weighted by Gasteiger charge is -2.17. The van der Waals surface area contributed by atoms with Crippen LogP contribution in [0, 0.1) is 0 Å². The molecule has 0 bridgehead atoms. The summed E-state index contributed by atoms with van der Waals surface area (Å²) in [5.41, 5.74) is 0.753. The Morgan fingerprint density at radius 2 is 2.04 bits per heavy atom. The van der Waals surface area contributed by atoms with Crippen molar-refractivity contribution in [2.75, 3.05) is 43.3 Å². The number of rotatable bonds is 8. The number of anilines is 2. The minimum atomic E-state index is -0.226. The van der Waals surface area contributed by atoms with E-state index in [1.54, 1.807) is 25.9 Å². The number of carbonyl (C=O) groups is 2. The van der Waals surface area contributed by atoms with Crippen LogP contribution in [0.1, 0.15) is 0 Å². The molecule has 0 atom stereocenters. The monoisotopic (exact) mass is 397 g/mol. The number of amides is 2. The second kappa shape index (κ2) is 9.64. The lowest BCUT2D eigenvalue weighted by atomic mass is 10.3. The molecule has 2 rings (SSSR count). The standard InChI is InChI=1S/C15H19N5O2S3/c1-16-14-18-19-15(25-14)24-9-13(22)20(2)8-12(21)17-10-6-4-5-7-11(10)23-3/h4-7H,8-9H2,1-3H3,(H,16,18)(H,17,21). The zero-order valence-electron chi connectivity index (χ0n) is 14.1. The van der Waals surface area contributed by atoms with Crippen LogP contribution in [0.2, 0.25) is 0 Å². The number of benzene rings is 1. The van der Waals surface area contributed by atoms with Crippen LogP contribution >= 0.6 is 34.9 Å². The topological polar surface area (TPSA) is 87.2 Å². The molecule has 0 saturated heterocycles. The largest absolute Gasteiger partial charge is 0.363 e. The van der Waals surface area contributed by atoms with Gasteiger partial charge in [-0.05, 0) is 18.4 Å². The van der Waals surface area contributed by atoms with Crippen molar-refractivity contribution < 1.29 is 9.59 Å². The van der Waals surface area contributed by atoms with Gasteiger partial charge in [-0.15, -0.1) is 22.0 Å². The quantitative estimate of drug-likeness (QED) is 0.662. The SMILES string of the molecule is CNc1nnc(SCC(=O)N(C)CC(=O)Nc2ccccc2SC)s1. The molecule has 2 aromatic rings. The van der Waals surface area contributed by atoms with Gasteiger partial charge in [-0.2, -0.15) is 0 Å². The Bertz CT molecular complexity index is 737. The van der Waals surface area contributed by atoms with Gasteiger partial charge in [0, 0.05) is 19.0 Å². The summed E-state index contributed by atoms with van der Waals surface area (Å²) in [6.45, 7) is -0.00000677. The van der Waals surface area contributed by atoms with Gasteiger partial charge in [-0.1, -0.05) is 35.2 Å². The fraction of sp³-hybridized carbons (Fsp3) is 0.333. The molecule has 0 aliphatic carbocycles. The maximum Gasteiger partial charge on any atom is 0.244 e. The maximum atomic E-state index is 12.2. The molecule has 0 fully saturated rings. The van der Waals surface area contributed by atoms with Crippen molar-refractivity contribution in [1.29, 1.82) is 0 Å². The number of para-hydroxylation sites is 1. The highest BCUT2D eigenvalue weighted by atomic mass is 32.2. The van der Waals surface area contributed by atoms with E-state index in [4.69, 9.17) is 0 Å². The van der Waals surface area contributed by atoms with Gasteiger partial charge in [-0.25, -0.2) is 0 Å². The fourth-order valence-electron chi connectivity index (χ4n) is 1.84. The second-order valence-corrected chi connectivity index (χ2v) is 7.96. The molecule has 10 heteroatoms. The van der Waals surface area contributed by atoms with Crippen LogP contribution in [0.3, 0.4) is 0 Å². The summed E-state index contributed by atoms with van der Waals surface area (Å²) in [5, 5.41) is 14.3. The van der Waals surface area contributed by atoms with Crippen molar-refractivity contribution >= 4 is 57.5 Å². The van der Waals surface area contributed by atoms with E-state index >= 15 is 0 Å². The number of nitrogens with zero attached hydrogens (tertiary/aromatic N) is 3. The van der Waals surface area contributed by atoms with Crippen LogP contribution < -0.4 is 10.6 Å². The fourth-order valence-corrected chi connectivity index (χ4v) is 4.04. The number of aromatic nitrogens is 2. The van der Waals surface area contributed by atoms with Crippen LogP contribution in [-0.2, 0) is 9.59 Å². The predicted octanol–water partition coefficient (Wildman–Crippen LogP) is 2.49. The molecule has 25 heavy (non-hydrogen) atoms. The van der Waals surface area contributed by atoms with Crippen molar-refractivity contribution in [3.63, 3.8) is 0 Å². The number of carbonyl (C=O) groups excluding carboxylic acids is 2. The van der Waals surface area contributed by atoms with E-state index in [0.29, 0.717) is 9.47 Å². The zero-order valence-corrected chi connectivity index (χ0v) is 16.6. The molecule has 2 amide bonds. The van der Waals surface area contributed by atoms with Gasteiger partial charge in [0.25, 0.3) is 0 Å². The molecule has 1 aromatic heterocycles. The lowest BCUT2D eigenvalue weighted by molar-refractivity contribution is -0.131. The van der Waals surface area contributed by atoms with Crippen LogP contribution in [0.25, 0.3) is 0 Å². The highest BCUT2D eigenvalue weighted by Crippen LogP contribution is 2.25. The Morgan fingerprint density at radius 3 is 2.72 bits per heavy atom. The molecular weight excluding hydrogens is 378 g/mol. The van der Waals surface area contributed by atoms with Gasteiger partial charge in [0.1, 0.15) is 0 Å². The van der Waals surface area contributed by atoms with Gasteiger partial charge in [0.05, 0.1) is 18.0 Å². The van der Waals surface area contributed by atoms with E-state index in [1.807, 2.05) is 30.5 Å². The minimum absolute atomic E-state index is 0.00000677. The number of nitrogens with one attached hydrogen (secondary N) is 2. The van der Waals surface area contributed by atoms with Gasteiger partial charge < -0.3 is 15.5 Å². The first-order valence-electron chi connectivity index (χ1n) is 7.34. The number of hydrogen-bond acceptors (Lipinski definition) is 8. The van der Waals surface area contributed by atoms with Crippen molar-refractivity contribution in [2.45, 2.75) is 9.24 Å². The first-order chi connectivity index (χ1) is 12.0. The molecule has 0 saturated carbocycles. The molecule has 0 aliphatic heterocycles. The highest BCUT2D eigenvalue weighted by Gasteiger charge is 2.15. The third-order valence-electron chi connectivity index (χ3n) is 3.13. The van der Waals surface area contributed by atoms with Crippen molar-refractivity contribution in [1.82, 2.24) is 15.1 Å². The Labute approximate surface area is 159 Å². The van der Waals surface area contributed by atoms with Gasteiger partial charge in [0.15, 0.2) is 4.34 Å². The van der Waals surface area contributed by atoms with Crippen molar-refractivity contribution in [3.8, 4) is 0 Å². The summed E-state index contributed by atoms with van der Waals surface area (Å²) in [6, 6.07) is 7.56. The third kappa shape index (κ3) is 5.91. The number of thioether (sulfide) groups is 2. The van der Waals surface area contributed by atoms with Crippen LogP contribution in [0.5, 0.6) is 0 Å². The Morgan fingerprint density at radius 1 is 1.28 bits per heavy atom. The third-order valence-corrected chi connectivity index (χ3v) is 5.98. The summed E-state index contributed by atoms with van der Waals surface area (Å²) in [5.74, 6) is -0.154. The molecular formula is C15H19N5O2S3. The molecule has 7 nitrogen and oxygen atoms in total. The minimum Gasteiger partial charge on any atom is -0.363 e. The van der Waals surface area contributed by atoms with Crippen molar-refractivity contribution in [2.24, 2.45) is 0 Å². The smallest absolute Gasteiger partial charge is 0.244 e. The summed E-state index contributed by atoms with van der Waals surface area (Å²) in [7, 11) is 3.38. The maximum absolute atomic E-state index is 12.2. The summed E-state index contributed by atoms with van der Waals surface area (Å²) < 4.78 is 0.712. The van der Waals surface area contributed by atoms with E-state index in [2.05, 4.69) is 20.8 Å². The van der Waals surface area contributed by atoms with Crippen LogP contribution in [0.15, 0.2) is 33.5 Å². The Balaban J connectivity index is 1.82. The average Bonchev–Trinajstić information content (AvgIpc) is 3.08. The van der Waals surface area contributed by atoms with E-state index in [1.165, 1.54) is 28.0 Å². The lowest BCUT2D eigenvalue weighted by Crippen LogP contribution is -2.36. The molecule has 0 unspecified atom stereocenters. The highest BCUT2D eigenvalue weighted by molar-refractivity contribution is 8.01. The molecule has 0 spiro atoms. The average molecular weight is 398 g/mol. The molecule has 1 heterocycles. The second-order valence-electron chi connectivity index (χ2n) is 4.91. The molecule has 1 aromatic carbocycles. The summed E-state index contributed by atoms with van der Waals surface area (Å²) in [6.07, 6.45) is 1.95. The normalized spacial score (nSPS) is 10.4. The Hall–Kier alpha value is -1.78. The van der Waals surface area contributed by atoms with E-state index < -0.39 is 0 Å². The van der Waals surface area contributed by atoms with E-state index in [9.17, 15) is 9.59 Å². The van der Waals surface area contributed by atoms with E-state index in [-0.39, 0.29) is 24.1 Å². The van der Waals surface area contributed by atoms with Gasteiger partial charge in [-0.3, -0.25) is 9.59 Å². The molecule has 134 valence electrons.